The lowest BCUT2D eigenvalue weighted by Crippen LogP contribution is -2.35. The summed E-state index contributed by atoms with van der Waals surface area (Å²) in [6.45, 7) is 5.38. The Kier molecular flexibility index (Phi) is 4.78. The zero-order valence-corrected chi connectivity index (χ0v) is 18.4. The molecule has 1 N–H and O–H groups in total. The molecule has 2 aromatic heterocycles. The lowest BCUT2D eigenvalue weighted by molar-refractivity contribution is 0.0609. The predicted octanol–water partition coefficient (Wildman–Crippen LogP) is 3.99. The van der Waals surface area contributed by atoms with Gasteiger partial charge in [0, 0.05) is 23.1 Å². The third-order valence-corrected chi connectivity index (χ3v) is 5.57. The second kappa shape index (κ2) is 7.67. The van der Waals surface area contributed by atoms with Gasteiger partial charge in [0.05, 0.1) is 22.3 Å². The van der Waals surface area contributed by atoms with E-state index in [0.717, 1.165) is 10.9 Å². The third kappa shape index (κ3) is 3.45. The number of benzene rings is 2. The smallest absolute Gasteiger partial charge is 0.261 e. The number of nitrogens with one attached hydrogen (secondary N) is 1. The standard InChI is InChI=1S/C25H21N5O3/c1-14(2)29-24(32)18-10-8-17(13-19(18)25(29)33)23(31)27-22-12-15(3)28-30(22)21-11-9-16-6-4-5-7-20(16)26-21/h4-14H,1-3H3,(H,27,31). The van der Waals surface area contributed by atoms with Crippen molar-refractivity contribution in [3.8, 4) is 5.82 Å². The molecule has 5 rings (SSSR count). The molecule has 0 fully saturated rings. The Bertz CT molecular complexity index is 1450. The molecular formula is C25H21N5O3. The summed E-state index contributed by atoms with van der Waals surface area (Å²) in [7, 11) is 0. The number of rotatable bonds is 4. The fraction of sp³-hybridized carbons (Fsp3) is 0.160. The Morgan fingerprint density at radius 3 is 2.48 bits per heavy atom. The lowest BCUT2D eigenvalue weighted by Gasteiger charge is -2.17. The molecule has 0 unspecified atom stereocenters. The summed E-state index contributed by atoms with van der Waals surface area (Å²) >= 11 is 0. The molecule has 1 aliphatic heterocycles. The van der Waals surface area contributed by atoms with Gasteiger partial charge in [-0.2, -0.15) is 9.78 Å². The van der Waals surface area contributed by atoms with Crippen molar-refractivity contribution in [3.63, 3.8) is 0 Å². The number of carbonyl (C=O) groups excluding carboxylic acids is 3. The van der Waals surface area contributed by atoms with E-state index < -0.39 is 5.91 Å². The van der Waals surface area contributed by atoms with E-state index >= 15 is 0 Å². The molecular weight excluding hydrogens is 418 g/mol. The maximum atomic E-state index is 13.0. The Hall–Kier alpha value is -4.33. The van der Waals surface area contributed by atoms with Crippen molar-refractivity contribution >= 4 is 34.4 Å². The number of carbonyl (C=O) groups is 3. The zero-order chi connectivity index (χ0) is 23.3. The van der Waals surface area contributed by atoms with Gasteiger partial charge in [0.25, 0.3) is 17.7 Å². The van der Waals surface area contributed by atoms with Crippen LogP contribution in [0.1, 0.15) is 50.6 Å². The van der Waals surface area contributed by atoms with Gasteiger partial charge in [-0.1, -0.05) is 18.2 Å². The van der Waals surface area contributed by atoms with Crippen molar-refractivity contribution in [2.24, 2.45) is 0 Å². The zero-order valence-electron chi connectivity index (χ0n) is 18.4. The SMILES string of the molecule is Cc1cc(NC(=O)c2ccc3c(c2)C(=O)N(C(C)C)C3=O)n(-c2ccc3ccccc3n2)n1. The largest absolute Gasteiger partial charge is 0.306 e. The summed E-state index contributed by atoms with van der Waals surface area (Å²) in [5, 5.41) is 8.34. The summed E-state index contributed by atoms with van der Waals surface area (Å²) in [5.41, 5.74) is 2.35. The van der Waals surface area contributed by atoms with Crippen LogP contribution in [-0.2, 0) is 0 Å². The van der Waals surface area contributed by atoms with Crippen LogP contribution in [0.5, 0.6) is 0 Å². The van der Waals surface area contributed by atoms with Crippen molar-refractivity contribution in [1.29, 1.82) is 0 Å². The number of para-hydroxylation sites is 1. The maximum absolute atomic E-state index is 13.0. The van der Waals surface area contributed by atoms with Gasteiger partial charge < -0.3 is 5.32 Å². The van der Waals surface area contributed by atoms with Gasteiger partial charge in [-0.25, -0.2) is 4.98 Å². The van der Waals surface area contributed by atoms with Crippen LogP contribution < -0.4 is 5.32 Å². The highest BCUT2D eigenvalue weighted by Crippen LogP contribution is 2.26. The van der Waals surface area contributed by atoms with Crippen molar-refractivity contribution < 1.29 is 14.4 Å². The number of aromatic nitrogens is 3. The number of aryl methyl sites for hydroxylation is 1. The van der Waals surface area contributed by atoms with Gasteiger partial charge in [-0.05, 0) is 57.2 Å². The van der Waals surface area contributed by atoms with Gasteiger partial charge in [-0.15, -0.1) is 0 Å². The van der Waals surface area contributed by atoms with Crippen molar-refractivity contribution in [1.82, 2.24) is 19.7 Å². The molecule has 1 aliphatic rings. The summed E-state index contributed by atoms with van der Waals surface area (Å²) in [4.78, 5) is 44.1. The van der Waals surface area contributed by atoms with Gasteiger partial charge in [-0.3, -0.25) is 19.3 Å². The first kappa shape index (κ1) is 20.6. The fourth-order valence-electron chi connectivity index (χ4n) is 3.99. The van der Waals surface area contributed by atoms with Crippen LogP contribution in [0.25, 0.3) is 16.7 Å². The molecule has 164 valence electrons. The summed E-state index contributed by atoms with van der Waals surface area (Å²) in [6, 6.07) is 17.6. The van der Waals surface area contributed by atoms with Crippen LogP contribution in [0.4, 0.5) is 5.82 Å². The average Bonchev–Trinajstić information content (AvgIpc) is 3.29. The van der Waals surface area contributed by atoms with Gasteiger partial charge in [0.1, 0.15) is 5.82 Å². The predicted molar refractivity (Wildman–Crippen MR) is 124 cm³/mol. The molecule has 8 heteroatoms. The van der Waals surface area contributed by atoms with Gasteiger partial charge >= 0.3 is 0 Å². The molecule has 3 heterocycles. The monoisotopic (exact) mass is 439 g/mol. The average molecular weight is 439 g/mol. The molecule has 0 radical (unpaired) electrons. The first-order valence-electron chi connectivity index (χ1n) is 10.6. The van der Waals surface area contributed by atoms with E-state index in [1.807, 2.05) is 43.3 Å². The topological polar surface area (TPSA) is 97.2 Å². The number of nitrogens with zero attached hydrogens (tertiary/aromatic N) is 4. The van der Waals surface area contributed by atoms with Crippen LogP contribution in [0.2, 0.25) is 0 Å². The molecule has 3 amide bonds. The molecule has 0 aliphatic carbocycles. The van der Waals surface area contributed by atoms with E-state index in [1.54, 1.807) is 30.7 Å². The van der Waals surface area contributed by atoms with Crippen LogP contribution >= 0.6 is 0 Å². The minimum Gasteiger partial charge on any atom is -0.306 e. The summed E-state index contributed by atoms with van der Waals surface area (Å²) in [6.07, 6.45) is 0. The van der Waals surface area contributed by atoms with Crippen molar-refractivity contribution in [2.75, 3.05) is 5.32 Å². The number of amides is 3. The minimum absolute atomic E-state index is 0.238. The molecule has 0 saturated heterocycles. The molecule has 0 saturated carbocycles. The number of pyridine rings is 1. The number of anilines is 1. The molecule has 2 aromatic carbocycles. The highest BCUT2D eigenvalue weighted by Gasteiger charge is 2.37. The van der Waals surface area contributed by atoms with E-state index in [1.165, 1.54) is 17.0 Å². The van der Waals surface area contributed by atoms with Crippen LogP contribution in [0.3, 0.4) is 0 Å². The van der Waals surface area contributed by atoms with Gasteiger partial charge in [0.15, 0.2) is 5.82 Å². The normalized spacial score (nSPS) is 13.2. The summed E-state index contributed by atoms with van der Waals surface area (Å²) < 4.78 is 1.57. The molecule has 0 spiro atoms. The quantitative estimate of drug-likeness (QED) is 0.485. The maximum Gasteiger partial charge on any atom is 0.261 e. The minimum atomic E-state index is -0.414. The number of hydrogen-bond acceptors (Lipinski definition) is 5. The Labute approximate surface area is 189 Å². The van der Waals surface area contributed by atoms with Crippen LogP contribution in [0.15, 0.2) is 60.7 Å². The summed E-state index contributed by atoms with van der Waals surface area (Å²) in [5.74, 6) is -0.122. The third-order valence-electron chi connectivity index (χ3n) is 5.57. The van der Waals surface area contributed by atoms with E-state index in [9.17, 15) is 14.4 Å². The first-order chi connectivity index (χ1) is 15.8. The first-order valence-corrected chi connectivity index (χ1v) is 10.6. The van der Waals surface area contributed by atoms with Crippen molar-refractivity contribution in [2.45, 2.75) is 26.8 Å². The van der Waals surface area contributed by atoms with E-state index in [-0.39, 0.29) is 29.0 Å². The number of hydrogen-bond donors (Lipinski definition) is 1. The molecule has 8 nitrogen and oxygen atoms in total. The highest BCUT2D eigenvalue weighted by atomic mass is 16.2. The molecule has 0 bridgehead atoms. The number of fused-ring (bicyclic) bond motifs is 2. The van der Waals surface area contributed by atoms with E-state index in [4.69, 9.17) is 0 Å². The van der Waals surface area contributed by atoms with E-state index in [2.05, 4.69) is 15.4 Å². The van der Waals surface area contributed by atoms with E-state index in [0.29, 0.717) is 22.9 Å². The van der Waals surface area contributed by atoms with Gasteiger partial charge in [0.2, 0.25) is 0 Å². The Balaban J connectivity index is 1.46. The van der Waals surface area contributed by atoms with Crippen molar-refractivity contribution in [3.05, 3.63) is 83.0 Å². The second-order valence-electron chi connectivity index (χ2n) is 8.23. The lowest BCUT2D eigenvalue weighted by atomic mass is 10.1. The fourth-order valence-corrected chi connectivity index (χ4v) is 3.99. The molecule has 4 aromatic rings. The Morgan fingerprint density at radius 1 is 0.939 bits per heavy atom. The second-order valence-corrected chi connectivity index (χ2v) is 8.23. The highest BCUT2D eigenvalue weighted by molar-refractivity contribution is 6.22. The number of imide groups is 1. The van der Waals surface area contributed by atoms with Crippen LogP contribution in [-0.4, -0.2) is 43.4 Å². The van der Waals surface area contributed by atoms with Crippen LogP contribution in [0, 0.1) is 6.92 Å². The molecule has 33 heavy (non-hydrogen) atoms. The molecule has 0 atom stereocenters. The Morgan fingerprint density at radius 2 is 1.70 bits per heavy atom.